The molecule has 3 N–H and O–H groups in total. The van der Waals surface area contributed by atoms with Gasteiger partial charge in [-0.1, -0.05) is 16.9 Å². The number of amidine groups is 1. The molecule has 0 fully saturated rings. The van der Waals surface area contributed by atoms with Crippen LogP contribution in [0.4, 0.5) is 0 Å². The van der Waals surface area contributed by atoms with Gasteiger partial charge in [-0.3, -0.25) is 0 Å². The second kappa shape index (κ2) is 4.76. The average Bonchev–Trinajstić information content (AvgIpc) is 2.51. The monoisotopic (exact) mass is 201 g/mol. The van der Waals surface area contributed by atoms with Gasteiger partial charge in [0.1, 0.15) is 12.1 Å². The molecule has 0 saturated heterocycles. The first kappa shape index (κ1) is 9.91. The van der Waals surface area contributed by atoms with Gasteiger partial charge in [-0.05, 0) is 6.92 Å². The first-order valence-corrected chi connectivity index (χ1v) is 4.72. The normalized spacial score (nSPS) is 11.9. The Labute approximate surface area is 80.0 Å². The van der Waals surface area contributed by atoms with Gasteiger partial charge in [0.25, 0.3) is 5.22 Å². The third-order valence-electron chi connectivity index (χ3n) is 1.31. The van der Waals surface area contributed by atoms with Crippen molar-refractivity contribution >= 4 is 17.6 Å². The van der Waals surface area contributed by atoms with Crippen LogP contribution in [0, 0.1) is 6.92 Å². The van der Waals surface area contributed by atoms with Crippen molar-refractivity contribution in [3.05, 3.63) is 12.0 Å². The highest BCUT2D eigenvalue weighted by Crippen LogP contribution is 2.17. The molecule has 0 aliphatic carbocycles. The van der Waals surface area contributed by atoms with Gasteiger partial charge in [0.15, 0.2) is 0 Å². The number of oxime groups is 1. The van der Waals surface area contributed by atoms with Gasteiger partial charge >= 0.3 is 0 Å². The van der Waals surface area contributed by atoms with Crippen molar-refractivity contribution < 1.29 is 9.62 Å². The Kier molecular flexibility index (Phi) is 3.63. The smallest absolute Gasteiger partial charge is 0.255 e. The number of aryl methyl sites for hydroxylation is 1. The lowest BCUT2D eigenvalue weighted by Crippen LogP contribution is -2.11. The standard InChI is InChI=1S/C7H11N3O2S/c1-5-4-12-7(9-5)13-3-2-6(8)10-11/h4,11H,2-3H2,1H3,(H2,8,10). The number of aromatic nitrogens is 1. The van der Waals surface area contributed by atoms with Crippen LogP contribution < -0.4 is 5.73 Å². The fourth-order valence-electron chi connectivity index (χ4n) is 0.692. The molecule has 0 aliphatic rings. The number of rotatable bonds is 4. The molecule has 0 atom stereocenters. The van der Waals surface area contributed by atoms with Gasteiger partial charge in [0, 0.05) is 12.2 Å². The van der Waals surface area contributed by atoms with Gasteiger partial charge in [0.2, 0.25) is 0 Å². The van der Waals surface area contributed by atoms with E-state index in [0.29, 0.717) is 17.4 Å². The van der Waals surface area contributed by atoms with Crippen molar-refractivity contribution in [2.45, 2.75) is 18.6 Å². The molecule has 0 amide bonds. The van der Waals surface area contributed by atoms with E-state index in [1.54, 1.807) is 6.26 Å². The summed E-state index contributed by atoms with van der Waals surface area (Å²) in [5.74, 6) is 0.909. The molecular weight excluding hydrogens is 190 g/mol. The Morgan fingerprint density at radius 3 is 3.15 bits per heavy atom. The first-order chi connectivity index (χ1) is 6.22. The SMILES string of the molecule is Cc1coc(SCCC(N)=NO)n1. The van der Waals surface area contributed by atoms with Crippen LogP contribution in [0.3, 0.4) is 0 Å². The van der Waals surface area contributed by atoms with Gasteiger partial charge < -0.3 is 15.4 Å². The molecule has 72 valence electrons. The number of nitrogens with two attached hydrogens (primary N) is 1. The zero-order valence-electron chi connectivity index (χ0n) is 7.23. The van der Waals surface area contributed by atoms with E-state index in [9.17, 15) is 0 Å². The van der Waals surface area contributed by atoms with Crippen molar-refractivity contribution in [1.82, 2.24) is 4.98 Å². The minimum absolute atomic E-state index is 0.218. The molecular formula is C7H11N3O2S. The maximum absolute atomic E-state index is 8.25. The van der Waals surface area contributed by atoms with Crippen molar-refractivity contribution in [3.8, 4) is 0 Å². The van der Waals surface area contributed by atoms with E-state index < -0.39 is 0 Å². The molecule has 1 aromatic rings. The molecule has 0 bridgehead atoms. The summed E-state index contributed by atoms with van der Waals surface area (Å²) in [5, 5.41) is 11.7. The third kappa shape index (κ3) is 3.37. The molecule has 0 unspecified atom stereocenters. The zero-order valence-corrected chi connectivity index (χ0v) is 8.04. The molecule has 1 heterocycles. The highest BCUT2D eigenvalue weighted by atomic mass is 32.2. The largest absolute Gasteiger partial charge is 0.440 e. The quantitative estimate of drug-likeness (QED) is 0.251. The molecule has 13 heavy (non-hydrogen) atoms. The first-order valence-electron chi connectivity index (χ1n) is 3.73. The lowest BCUT2D eigenvalue weighted by atomic mass is 10.5. The summed E-state index contributed by atoms with van der Waals surface area (Å²) >= 11 is 1.44. The maximum Gasteiger partial charge on any atom is 0.255 e. The average molecular weight is 201 g/mol. The Balaban J connectivity index is 2.28. The summed E-state index contributed by atoms with van der Waals surface area (Å²) in [5.41, 5.74) is 6.13. The number of thioether (sulfide) groups is 1. The summed E-state index contributed by atoms with van der Waals surface area (Å²) in [7, 11) is 0. The molecule has 0 aliphatic heterocycles. The number of hydrogen-bond acceptors (Lipinski definition) is 5. The highest BCUT2D eigenvalue weighted by molar-refractivity contribution is 7.99. The van der Waals surface area contributed by atoms with Crippen LogP contribution in [-0.2, 0) is 0 Å². The van der Waals surface area contributed by atoms with Crippen LogP contribution in [0.25, 0.3) is 0 Å². The summed E-state index contributed by atoms with van der Waals surface area (Å²) in [6.07, 6.45) is 2.11. The minimum Gasteiger partial charge on any atom is -0.440 e. The minimum atomic E-state index is 0.218. The third-order valence-corrected chi connectivity index (χ3v) is 2.15. The summed E-state index contributed by atoms with van der Waals surface area (Å²) in [6, 6.07) is 0. The highest BCUT2D eigenvalue weighted by Gasteiger charge is 2.01. The lowest BCUT2D eigenvalue weighted by molar-refractivity contribution is 0.317. The topological polar surface area (TPSA) is 84.6 Å². The molecule has 1 aromatic heterocycles. The van der Waals surface area contributed by atoms with Crippen LogP contribution in [0.2, 0.25) is 0 Å². The fraction of sp³-hybridized carbons (Fsp3) is 0.429. The number of hydrogen-bond donors (Lipinski definition) is 2. The summed E-state index contributed by atoms with van der Waals surface area (Å²) < 4.78 is 5.09. The van der Waals surface area contributed by atoms with Gasteiger partial charge in [0.05, 0.1) is 5.69 Å². The Morgan fingerprint density at radius 1 is 1.85 bits per heavy atom. The van der Waals surface area contributed by atoms with Crippen LogP contribution in [0.5, 0.6) is 0 Å². The van der Waals surface area contributed by atoms with Gasteiger partial charge in [-0.15, -0.1) is 0 Å². The zero-order chi connectivity index (χ0) is 9.68. The van der Waals surface area contributed by atoms with Crippen LogP contribution >= 0.6 is 11.8 Å². The molecule has 0 radical (unpaired) electrons. The van der Waals surface area contributed by atoms with Crippen molar-refractivity contribution in [2.75, 3.05) is 5.75 Å². The number of nitrogens with zero attached hydrogens (tertiary/aromatic N) is 2. The van der Waals surface area contributed by atoms with Crippen molar-refractivity contribution in [3.63, 3.8) is 0 Å². The summed E-state index contributed by atoms with van der Waals surface area (Å²) in [4.78, 5) is 4.09. The molecule has 0 saturated carbocycles. The van der Waals surface area contributed by atoms with E-state index >= 15 is 0 Å². The molecule has 5 nitrogen and oxygen atoms in total. The fourth-order valence-corrected chi connectivity index (χ4v) is 1.50. The van der Waals surface area contributed by atoms with E-state index in [-0.39, 0.29) is 5.84 Å². The van der Waals surface area contributed by atoms with E-state index in [4.69, 9.17) is 15.4 Å². The van der Waals surface area contributed by atoms with Crippen LogP contribution in [0.15, 0.2) is 21.1 Å². The van der Waals surface area contributed by atoms with Crippen molar-refractivity contribution in [2.24, 2.45) is 10.9 Å². The Hall–Kier alpha value is -1.17. The number of oxazole rings is 1. The Bertz CT molecular complexity index is 298. The van der Waals surface area contributed by atoms with Crippen molar-refractivity contribution in [1.29, 1.82) is 0 Å². The van der Waals surface area contributed by atoms with Crippen LogP contribution in [-0.4, -0.2) is 21.8 Å². The maximum atomic E-state index is 8.25. The van der Waals surface area contributed by atoms with E-state index in [2.05, 4.69) is 10.1 Å². The van der Waals surface area contributed by atoms with Gasteiger partial charge in [-0.25, -0.2) is 4.98 Å². The molecule has 1 rings (SSSR count). The predicted octanol–water partition coefficient (Wildman–Crippen LogP) is 1.21. The van der Waals surface area contributed by atoms with Gasteiger partial charge in [-0.2, -0.15) is 0 Å². The second-order valence-corrected chi connectivity index (χ2v) is 3.49. The van der Waals surface area contributed by atoms with E-state index in [1.807, 2.05) is 6.92 Å². The Morgan fingerprint density at radius 2 is 2.62 bits per heavy atom. The predicted molar refractivity (Wildman–Crippen MR) is 50.0 cm³/mol. The van der Waals surface area contributed by atoms with E-state index in [0.717, 1.165) is 5.69 Å². The summed E-state index contributed by atoms with van der Waals surface area (Å²) in [6.45, 7) is 1.86. The molecule has 0 aromatic carbocycles. The second-order valence-electron chi connectivity index (χ2n) is 2.44. The molecule has 6 heteroatoms. The lowest BCUT2D eigenvalue weighted by Gasteiger charge is -1.94. The van der Waals surface area contributed by atoms with Crippen LogP contribution in [0.1, 0.15) is 12.1 Å². The molecule has 0 spiro atoms. The van der Waals surface area contributed by atoms with E-state index in [1.165, 1.54) is 11.8 Å².